The van der Waals surface area contributed by atoms with Crippen LogP contribution >= 0.6 is 0 Å². The maximum absolute atomic E-state index is 14.7. The molecular formula is C22H25FN4O4. The van der Waals surface area contributed by atoms with Crippen LogP contribution in [0.15, 0.2) is 36.7 Å². The van der Waals surface area contributed by atoms with Crippen LogP contribution < -0.4 is 15.8 Å². The molecular weight excluding hydrogens is 403 g/mol. The number of amides is 1. The van der Waals surface area contributed by atoms with E-state index in [-0.39, 0.29) is 30.7 Å². The zero-order valence-electron chi connectivity index (χ0n) is 16.9. The highest BCUT2D eigenvalue weighted by molar-refractivity contribution is 5.86. The molecule has 1 aliphatic heterocycles. The van der Waals surface area contributed by atoms with Gasteiger partial charge in [-0.15, -0.1) is 0 Å². The summed E-state index contributed by atoms with van der Waals surface area (Å²) in [7, 11) is 0. The van der Waals surface area contributed by atoms with E-state index in [1.165, 1.54) is 18.3 Å². The van der Waals surface area contributed by atoms with E-state index < -0.39 is 11.9 Å². The summed E-state index contributed by atoms with van der Waals surface area (Å²) >= 11 is 0. The van der Waals surface area contributed by atoms with E-state index in [4.69, 9.17) is 15.2 Å². The van der Waals surface area contributed by atoms with Gasteiger partial charge >= 0.3 is 0 Å². The molecule has 31 heavy (non-hydrogen) atoms. The Morgan fingerprint density at radius 3 is 2.90 bits per heavy atom. The molecule has 0 radical (unpaired) electrons. The van der Waals surface area contributed by atoms with Crippen molar-refractivity contribution in [1.29, 1.82) is 0 Å². The predicted octanol–water partition coefficient (Wildman–Crippen LogP) is 2.15. The number of rotatable bonds is 7. The first-order valence-electron chi connectivity index (χ1n) is 10.2. The smallest absolute Gasteiger partial charge is 0.237 e. The third kappa shape index (κ3) is 4.84. The zero-order chi connectivity index (χ0) is 21.8. The molecule has 1 aliphatic rings. The Morgan fingerprint density at radius 2 is 2.16 bits per heavy atom. The van der Waals surface area contributed by atoms with Crippen LogP contribution in [0.2, 0.25) is 0 Å². The first kappa shape index (κ1) is 21.2. The number of hydrogen-bond donors (Lipinski definition) is 4. The van der Waals surface area contributed by atoms with Crippen molar-refractivity contribution in [2.45, 2.75) is 38.0 Å². The topological polar surface area (TPSA) is 122 Å². The lowest BCUT2D eigenvalue weighted by Gasteiger charge is -2.24. The Kier molecular flexibility index (Phi) is 6.45. The SMILES string of the molecule is N[C@@H](Cc1ccc(Oc2ccnc3[nH]cc(CO)c23)c(F)c1)C(=O)NC1CCOCC1. The van der Waals surface area contributed by atoms with Crippen molar-refractivity contribution >= 4 is 16.9 Å². The first-order valence-corrected chi connectivity index (χ1v) is 10.2. The molecule has 9 heteroatoms. The van der Waals surface area contributed by atoms with Crippen LogP contribution in [0.25, 0.3) is 11.0 Å². The molecule has 1 aromatic carbocycles. The molecule has 5 N–H and O–H groups in total. The molecule has 2 aromatic heterocycles. The minimum Gasteiger partial charge on any atom is -0.453 e. The number of benzene rings is 1. The number of nitrogens with two attached hydrogens (primary N) is 1. The number of nitrogens with zero attached hydrogens (tertiary/aromatic N) is 1. The highest BCUT2D eigenvalue weighted by Crippen LogP contribution is 2.32. The summed E-state index contributed by atoms with van der Waals surface area (Å²) in [6.45, 7) is 1.05. The number of hydrogen-bond acceptors (Lipinski definition) is 6. The average Bonchev–Trinajstić information content (AvgIpc) is 3.20. The second-order valence-electron chi connectivity index (χ2n) is 7.58. The molecule has 0 saturated carbocycles. The van der Waals surface area contributed by atoms with Crippen molar-refractivity contribution in [3.8, 4) is 11.5 Å². The molecule has 8 nitrogen and oxygen atoms in total. The van der Waals surface area contributed by atoms with Gasteiger partial charge in [-0.25, -0.2) is 9.37 Å². The molecule has 164 valence electrons. The fourth-order valence-electron chi connectivity index (χ4n) is 3.67. The highest BCUT2D eigenvalue weighted by Gasteiger charge is 2.21. The lowest BCUT2D eigenvalue weighted by atomic mass is 10.0. The van der Waals surface area contributed by atoms with Gasteiger partial charge in [-0.05, 0) is 43.0 Å². The molecule has 1 atom stereocenters. The van der Waals surface area contributed by atoms with Crippen LogP contribution in [0.4, 0.5) is 4.39 Å². The average molecular weight is 428 g/mol. The van der Waals surface area contributed by atoms with Crippen LogP contribution in [0.1, 0.15) is 24.0 Å². The molecule has 1 saturated heterocycles. The van der Waals surface area contributed by atoms with Crippen LogP contribution in [0, 0.1) is 5.82 Å². The zero-order valence-corrected chi connectivity index (χ0v) is 16.9. The van der Waals surface area contributed by atoms with E-state index in [1.54, 1.807) is 18.3 Å². The summed E-state index contributed by atoms with van der Waals surface area (Å²) in [6.07, 6.45) is 4.91. The van der Waals surface area contributed by atoms with Gasteiger partial charge in [0.1, 0.15) is 11.4 Å². The molecule has 0 aliphatic carbocycles. The lowest BCUT2D eigenvalue weighted by molar-refractivity contribution is -0.123. The van der Waals surface area contributed by atoms with Gasteiger partial charge in [0, 0.05) is 37.2 Å². The molecule has 3 aromatic rings. The second-order valence-corrected chi connectivity index (χ2v) is 7.58. The van der Waals surface area contributed by atoms with Crippen LogP contribution in [0.5, 0.6) is 11.5 Å². The monoisotopic (exact) mass is 428 g/mol. The normalized spacial score (nSPS) is 15.7. The van der Waals surface area contributed by atoms with E-state index in [9.17, 15) is 14.3 Å². The maximum Gasteiger partial charge on any atom is 0.237 e. The van der Waals surface area contributed by atoms with E-state index in [0.29, 0.717) is 41.1 Å². The van der Waals surface area contributed by atoms with Gasteiger partial charge < -0.3 is 30.6 Å². The number of halogens is 1. The summed E-state index contributed by atoms with van der Waals surface area (Å²) in [4.78, 5) is 19.5. The Morgan fingerprint density at radius 1 is 1.35 bits per heavy atom. The number of aliphatic hydroxyl groups is 1. The molecule has 0 spiro atoms. The Labute approximate surface area is 178 Å². The van der Waals surface area contributed by atoms with Crippen molar-refractivity contribution in [2.75, 3.05) is 13.2 Å². The van der Waals surface area contributed by atoms with E-state index in [0.717, 1.165) is 12.8 Å². The largest absolute Gasteiger partial charge is 0.453 e. The standard InChI is InChI=1S/C22H25FN4O4/c23-16-9-13(10-17(24)22(29)27-15-4-7-30-8-5-15)1-2-18(16)31-19-3-6-25-21-20(19)14(12-28)11-26-21/h1-3,6,9,11,15,17,28H,4-5,7-8,10,12,24H2,(H,25,26)(H,27,29)/t17-/m0/s1. The number of carbonyl (C=O) groups excluding carboxylic acids is 1. The molecule has 3 heterocycles. The van der Waals surface area contributed by atoms with Gasteiger partial charge in [-0.1, -0.05) is 6.07 Å². The van der Waals surface area contributed by atoms with E-state index >= 15 is 0 Å². The van der Waals surface area contributed by atoms with Crippen LogP contribution in [0.3, 0.4) is 0 Å². The molecule has 4 rings (SSSR count). The summed E-state index contributed by atoms with van der Waals surface area (Å²) in [5.74, 6) is -0.410. The number of aliphatic hydroxyl groups excluding tert-OH is 1. The number of H-pyrrole nitrogens is 1. The fourth-order valence-corrected chi connectivity index (χ4v) is 3.67. The van der Waals surface area contributed by atoms with Crippen molar-refractivity contribution in [2.24, 2.45) is 5.73 Å². The van der Waals surface area contributed by atoms with Gasteiger partial charge in [-0.3, -0.25) is 4.79 Å². The number of pyridine rings is 1. The summed E-state index contributed by atoms with van der Waals surface area (Å²) in [5, 5.41) is 13.0. The van der Waals surface area contributed by atoms with Gasteiger partial charge in [0.15, 0.2) is 11.6 Å². The Hall–Kier alpha value is -3.01. The quantitative estimate of drug-likeness (QED) is 0.457. The van der Waals surface area contributed by atoms with E-state index in [2.05, 4.69) is 15.3 Å². The number of aromatic nitrogens is 2. The Bertz CT molecular complexity index is 1060. The first-order chi connectivity index (χ1) is 15.0. The lowest BCUT2D eigenvalue weighted by Crippen LogP contribution is -2.48. The molecule has 0 bridgehead atoms. The van der Waals surface area contributed by atoms with Crippen LogP contribution in [-0.4, -0.2) is 46.3 Å². The third-order valence-corrected chi connectivity index (χ3v) is 5.36. The van der Waals surface area contributed by atoms with Crippen molar-refractivity contribution in [3.05, 3.63) is 53.6 Å². The minimum absolute atomic E-state index is 0.0292. The molecule has 1 amide bonds. The van der Waals surface area contributed by atoms with Crippen molar-refractivity contribution in [1.82, 2.24) is 15.3 Å². The Balaban J connectivity index is 1.43. The summed E-state index contributed by atoms with van der Waals surface area (Å²) < 4.78 is 25.8. The van der Waals surface area contributed by atoms with Crippen molar-refractivity contribution < 1.29 is 23.8 Å². The van der Waals surface area contributed by atoms with Gasteiger partial charge in [0.05, 0.1) is 18.0 Å². The number of fused-ring (bicyclic) bond motifs is 1. The number of nitrogens with one attached hydrogen (secondary N) is 2. The third-order valence-electron chi connectivity index (χ3n) is 5.36. The fraction of sp³-hybridized carbons (Fsp3) is 0.364. The van der Waals surface area contributed by atoms with Gasteiger partial charge in [0.2, 0.25) is 5.91 Å². The number of aromatic amines is 1. The van der Waals surface area contributed by atoms with Crippen molar-refractivity contribution in [3.63, 3.8) is 0 Å². The molecule has 1 fully saturated rings. The number of carbonyl (C=O) groups is 1. The minimum atomic E-state index is -0.777. The second kappa shape index (κ2) is 9.42. The predicted molar refractivity (Wildman–Crippen MR) is 112 cm³/mol. The van der Waals surface area contributed by atoms with Gasteiger partial charge in [0.25, 0.3) is 0 Å². The number of ether oxygens (including phenoxy) is 2. The maximum atomic E-state index is 14.7. The van der Waals surface area contributed by atoms with Crippen LogP contribution in [-0.2, 0) is 22.6 Å². The van der Waals surface area contributed by atoms with E-state index in [1.807, 2.05) is 0 Å². The summed E-state index contributed by atoms with van der Waals surface area (Å²) in [6, 6.07) is 5.40. The summed E-state index contributed by atoms with van der Waals surface area (Å²) in [5.41, 5.74) is 7.77. The van der Waals surface area contributed by atoms with Gasteiger partial charge in [-0.2, -0.15) is 0 Å². The highest BCUT2D eigenvalue weighted by atomic mass is 19.1. The molecule has 0 unspecified atom stereocenters.